The van der Waals surface area contributed by atoms with Gasteiger partial charge in [-0.3, -0.25) is 4.79 Å². The third-order valence-corrected chi connectivity index (χ3v) is 3.29. The predicted molar refractivity (Wildman–Crippen MR) is 54.3 cm³/mol. The Labute approximate surface area is 94.9 Å². The van der Waals surface area contributed by atoms with Crippen molar-refractivity contribution in [1.29, 1.82) is 0 Å². The lowest BCUT2D eigenvalue weighted by atomic mass is 9.84. The third kappa shape index (κ3) is 2.21. The van der Waals surface area contributed by atoms with Crippen LogP contribution < -0.4 is 0 Å². The lowest BCUT2D eigenvalue weighted by Gasteiger charge is -2.24. The van der Waals surface area contributed by atoms with Gasteiger partial charge in [0.1, 0.15) is 5.60 Å². The fourth-order valence-electron chi connectivity index (χ4n) is 2.28. The quantitative estimate of drug-likeness (QED) is 0.540. The van der Waals surface area contributed by atoms with Crippen molar-refractivity contribution in [2.75, 3.05) is 13.2 Å². The zero-order valence-corrected chi connectivity index (χ0v) is 9.73. The molecule has 0 saturated carbocycles. The number of hydrogen-bond donors (Lipinski definition) is 0. The molecule has 0 bridgehead atoms. The molecule has 0 aromatic heterocycles. The molecule has 2 fully saturated rings. The van der Waals surface area contributed by atoms with Crippen LogP contribution in [0.15, 0.2) is 0 Å². The minimum absolute atomic E-state index is 0.185. The van der Waals surface area contributed by atoms with Gasteiger partial charge in [-0.05, 0) is 26.7 Å². The van der Waals surface area contributed by atoms with Gasteiger partial charge in [-0.1, -0.05) is 0 Å². The molecule has 2 aliphatic rings. The molecule has 0 aromatic carbocycles. The molecule has 5 nitrogen and oxygen atoms in total. The standard InChI is InChI=1S/C11H18O5/c1-3-13-9(12)4-6-11(2)8-5-7-14-10(8)15-16-11/h8,10H,3-7H2,1-2H3/t8-,10-,11+/m1/s1. The largest absolute Gasteiger partial charge is 0.466 e. The Hall–Kier alpha value is -0.650. The number of fused-ring (bicyclic) bond motifs is 1. The summed E-state index contributed by atoms with van der Waals surface area (Å²) in [4.78, 5) is 21.7. The fourth-order valence-corrected chi connectivity index (χ4v) is 2.28. The van der Waals surface area contributed by atoms with Gasteiger partial charge in [0.15, 0.2) is 6.29 Å². The lowest BCUT2D eigenvalue weighted by molar-refractivity contribution is -0.359. The van der Waals surface area contributed by atoms with Crippen LogP contribution in [0.5, 0.6) is 0 Å². The second-order valence-corrected chi connectivity index (χ2v) is 4.43. The molecule has 0 aliphatic carbocycles. The predicted octanol–water partition coefficient (Wildman–Crippen LogP) is 1.41. The summed E-state index contributed by atoms with van der Waals surface area (Å²) in [6.45, 7) is 4.89. The van der Waals surface area contributed by atoms with Gasteiger partial charge in [-0.15, -0.1) is 0 Å². The SMILES string of the molecule is CCOC(=O)CC[C@]1(C)OO[C@H]2OCC[C@H]21. The van der Waals surface area contributed by atoms with E-state index in [1.807, 2.05) is 6.92 Å². The first-order valence-electron chi connectivity index (χ1n) is 5.77. The highest BCUT2D eigenvalue weighted by atomic mass is 17.2. The number of ether oxygens (including phenoxy) is 2. The molecule has 0 aromatic rings. The van der Waals surface area contributed by atoms with Gasteiger partial charge in [0.05, 0.1) is 13.2 Å². The van der Waals surface area contributed by atoms with E-state index in [0.717, 1.165) is 6.42 Å². The highest BCUT2D eigenvalue weighted by Gasteiger charge is 2.51. The van der Waals surface area contributed by atoms with E-state index in [-0.39, 0.29) is 18.2 Å². The van der Waals surface area contributed by atoms with Crippen LogP contribution in [-0.2, 0) is 24.0 Å². The van der Waals surface area contributed by atoms with Crippen molar-refractivity contribution >= 4 is 5.97 Å². The van der Waals surface area contributed by atoms with Gasteiger partial charge in [-0.25, -0.2) is 9.78 Å². The molecule has 2 rings (SSSR count). The number of esters is 1. The van der Waals surface area contributed by atoms with Gasteiger partial charge in [-0.2, -0.15) is 0 Å². The number of hydrogen-bond acceptors (Lipinski definition) is 5. The van der Waals surface area contributed by atoms with Crippen LogP contribution in [0.2, 0.25) is 0 Å². The van der Waals surface area contributed by atoms with E-state index in [0.29, 0.717) is 26.1 Å². The first kappa shape index (κ1) is 11.8. The minimum atomic E-state index is -0.423. The average molecular weight is 230 g/mol. The topological polar surface area (TPSA) is 54.0 Å². The van der Waals surface area contributed by atoms with Gasteiger partial charge < -0.3 is 9.47 Å². The van der Waals surface area contributed by atoms with E-state index in [4.69, 9.17) is 19.2 Å². The minimum Gasteiger partial charge on any atom is -0.466 e. The molecule has 92 valence electrons. The van der Waals surface area contributed by atoms with E-state index in [9.17, 15) is 4.79 Å². The van der Waals surface area contributed by atoms with Crippen molar-refractivity contribution in [1.82, 2.24) is 0 Å². The Morgan fingerprint density at radius 1 is 1.56 bits per heavy atom. The molecule has 5 heteroatoms. The van der Waals surface area contributed by atoms with E-state index in [1.165, 1.54) is 0 Å². The van der Waals surface area contributed by atoms with E-state index in [2.05, 4.69) is 0 Å². The summed E-state index contributed by atoms with van der Waals surface area (Å²) in [6.07, 6.45) is 1.63. The van der Waals surface area contributed by atoms with Crippen LogP contribution in [0.25, 0.3) is 0 Å². The number of carbonyl (C=O) groups is 1. The molecular formula is C11H18O5. The Balaban J connectivity index is 1.86. The van der Waals surface area contributed by atoms with Crippen molar-refractivity contribution in [2.45, 2.75) is 45.0 Å². The Morgan fingerprint density at radius 3 is 3.12 bits per heavy atom. The summed E-state index contributed by atoms with van der Waals surface area (Å²) in [5.74, 6) is 0.0385. The molecule has 0 unspecified atom stereocenters. The molecule has 3 atom stereocenters. The maximum absolute atomic E-state index is 11.3. The van der Waals surface area contributed by atoms with Crippen LogP contribution in [0, 0.1) is 5.92 Å². The van der Waals surface area contributed by atoms with Crippen LogP contribution in [0.3, 0.4) is 0 Å². The molecule has 16 heavy (non-hydrogen) atoms. The first-order chi connectivity index (χ1) is 7.65. The van der Waals surface area contributed by atoms with Gasteiger partial charge in [0.25, 0.3) is 0 Å². The molecular weight excluding hydrogens is 212 g/mol. The molecule has 0 N–H and O–H groups in total. The summed E-state index contributed by atoms with van der Waals surface area (Å²) >= 11 is 0. The smallest absolute Gasteiger partial charge is 0.305 e. The van der Waals surface area contributed by atoms with Crippen LogP contribution in [-0.4, -0.2) is 31.1 Å². The monoisotopic (exact) mass is 230 g/mol. The Morgan fingerprint density at radius 2 is 2.38 bits per heavy atom. The second-order valence-electron chi connectivity index (χ2n) is 4.43. The van der Waals surface area contributed by atoms with Crippen LogP contribution in [0.1, 0.15) is 33.1 Å². The van der Waals surface area contributed by atoms with Crippen molar-refractivity contribution in [3.8, 4) is 0 Å². The average Bonchev–Trinajstić information content (AvgIpc) is 2.82. The zero-order chi connectivity index (χ0) is 11.6. The van der Waals surface area contributed by atoms with Crippen LogP contribution >= 0.6 is 0 Å². The van der Waals surface area contributed by atoms with E-state index < -0.39 is 5.60 Å². The van der Waals surface area contributed by atoms with Gasteiger partial charge >= 0.3 is 5.97 Å². The highest BCUT2D eigenvalue weighted by molar-refractivity contribution is 5.69. The highest BCUT2D eigenvalue weighted by Crippen LogP contribution is 2.43. The van der Waals surface area contributed by atoms with Gasteiger partial charge in [0.2, 0.25) is 0 Å². The molecule has 0 amide bonds. The van der Waals surface area contributed by atoms with E-state index in [1.54, 1.807) is 6.92 Å². The molecule has 2 aliphatic heterocycles. The van der Waals surface area contributed by atoms with Crippen molar-refractivity contribution in [3.05, 3.63) is 0 Å². The zero-order valence-electron chi connectivity index (χ0n) is 9.73. The Bertz CT molecular complexity index is 267. The summed E-state index contributed by atoms with van der Waals surface area (Å²) in [6, 6.07) is 0. The Kier molecular flexibility index (Phi) is 3.47. The summed E-state index contributed by atoms with van der Waals surface area (Å²) < 4.78 is 10.3. The fraction of sp³-hybridized carbons (Fsp3) is 0.909. The lowest BCUT2D eigenvalue weighted by Crippen LogP contribution is -2.33. The summed E-state index contributed by atoms with van der Waals surface area (Å²) in [7, 11) is 0. The molecule has 0 radical (unpaired) electrons. The van der Waals surface area contributed by atoms with Crippen molar-refractivity contribution in [3.63, 3.8) is 0 Å². The maximum atomic E-state index is 11.3. The van der Waals surface area contributed by atoms with Crippen molar-refractivity contribution < 1.29 is 24.0 Å². The summed E-state index contributed by atoms with van der Waals surface area (Å²) in [5.41, 5.74) is -0.423. The van der Waals surface area contributed by atoms with Crippen molar-refractivity contribution in [2.24, 2.45) is 5.92 Å². The number of carbonyl (C=O) groups excluding carboxylic acids is 1. The normalized spacial score (nSPS) is 37.4. The molecule has 2 heterocycles. The van der Waals surface area contributed by atoms with Gasteiger partial charge in [0, 0.05) is 12.3 Å². The second kappa shape index (κ2) is 4.69. The molecule has 0 spiro atoms. The maximum Gasteiger partial charge on any atom is 0.305 e. The first-order valence-corrected chi connectivity index (χ1v) is 5.77. The third-order valence-electron chi connectivity index (χ3n) is 3.29. The number of rotatable bonds is 4. The van der Waals surface area contributed by atoms with Crippen LogP contribution in [0.4, 0.5) is 0 Å². The van der Waals surface area contributed by atoms with E-state index >= 15 is 0 Å². The summed E-state index contributed by atoms with van der Waals surface area (Å²) in [5, 5.41) is 0. The molecule has 2 saturated heterocycles.